The van der Waals surface area contributed by atoms with Gasteiger partial charge in [-0.1, -0.05) is 26.8 Å². The molecule has 0 aromatic carbocycles. The third kappa shape index (κ3) is 1.12. The molecule has 0 aromatic rings. The Morgan fingerprint density at radius 2 is 1.90 bits per heavy atom. The zero-order chi connectivity index (χ0) is 7.83. The van der Waals surface area contributed by atoms with E-state index in [2.05, 4.69) is 33.4 Å². The van der Waals surface area contributed by atoms with Crippen molar-refractivity contribution in [2.45, 2.75) is 40.0 Å². The van der Waals surface area contributed by atoms with Crippen molar-refractivity contribution in [2.75, 3.05) is 0 Å². The van der Waals surface area contributed by atoms with Gasteiger partial charge in [-0.3, -0.25) is 0 Å². The van der Waals surface area contributed by atoms with Crippen molar-refractivity contribution >= 4 is 0 Å². The van der Waals surface area contributed by atoms with Gasteiger partial charge in [0.15, 0.2) is 0 Å². The largest absolute Gasteiger partial charge is 0.103 e. The van der Waals surface area contributed by atoms with E-state index < -0.39 is 0 Å². The molecular weight excluding hydrogens is 120 g/mol. The summed E-state index contributed by atoms with van der Waals surface area (Å²) in [7, 11) is 0. The van der Waals surface area contributed by atoms with Crippen LogP contribution in [0.3, 0.4) is 0 Å². The highest BCUT2D eigenvalue weighted by Gasteiger charge is 2.50. The van der Waals surface area contributed by atoms with Crippen LogP contribution in [0.2, 0.25) is 0 Å². The Morgan fingerprint density at radius 1 is 1.40 bits per heavy atom. The summed E-state index contributed by atoms with van der Waals surface area (Å²) in [5.41, 5.74) is 1.11. The predicted octanol–water partition coefficient (Wildman–Crippen LogP) is 3.39. The van der Waals surface area contributed by atoms with Gasteiger partial charge in [0.2, 0.25) is 0 Å². The Bertz CT molecular complexity index is 133. The zero-order valence-electron chi connectivity index (χ0n) is 7.41. The fourth-order valence-corrected chi connectivity index (χ4v) is 1.69. The number of hydrogen-bond donors (Lipinski definition) is 0. The van der Waals surface area contributed by atoms with Crippen molar-refractivity contribution in [3.63, 3.8) is 0 Å². The Labute approximate surface area is 64.3 Å². The van der Waals surface area contributed by atoms with E-state index in [1.165, 1.54) is 19.3 Å². The highest BCUT2D eigenvalue weighted by molar-refractivity contribution is 5.04. The monoisotopic (exact) mass is 138 g/mol. The maximum Gasteiger partial charge on any atom is -0.0214 e. The molecule has 0 heteroatoms. The van der Waals surface area contributed by atoms with Gasteiger partial charge in [0.25, 0.3) is 0 Å². The third-order valence-electron chi connectivity index (χ3n) is 2.98. The van der Waals surface area contributed by atoms with Gasteiger partial charge in [0, 0.05) is 0 Å². The van der Waals surface area contributed by atoms with Crippen molar-refractivity contribution in [1.82, 2.24) is 0 Å². The van der Waals surface area contributed by atoms with Gasteiger partial charge in [-0.25, -0.2) is 0 Å². The molecule has 0 heterocycles. The molecule has 0 bridgehead atoms. The fourth-order valence-electron chi connectivity index (χ4n) is 1.69. The quantitative estimate of drug-likeness (QED) is 0.513. The zero-order valence-corrected chi connectivity index (χ0v) is 7.41. The average Bonchev–Trinajstić information content (AvgIpc) is 2.45. The number of allylic oxidation sites excluding steroid dienone is 1. The van der Waals surface area contributed by atoms with Crippen molar-refractivity contribution in [2.24, 2.45) is 10.8 Å². The molecule has 1 saturated carbocycles. The van der Waals surface area contributed by atoms with Crippen molar-refractivity contribution in [3.8, 4) is 0 Å². The summed E-state index contributed by atoms with van der Waals surface area (Å²) in [4.78, 5) is 0. The summed E-state index contributed by atoms with van der Waals surface area (Å²) in [5, 5.41) is 0. The fraction of sp³-hybridized carbons (Fsp3) is 0.800. The molecule has 58 valence electrons. The van der Waals surface area contributed by atoms with E-state index in [9.17, 15) is 0 Å². The van der Waals surface area contributed by atoms with Gasteiger partial charge in [0.1, 0.15) is 0 Å². The van der Waals surface area contributed by atoms with E-state index in [1.54, 1.807) is 0 Å². The maximum absolute atomic E-state index is 3.80. The highest BCUT2D eigenvalue weighted by atomic mass is 14.5. The summed E-state index contributed by atoms with van der Waals surface area (Å²) >= 11 is 0. The first-order valence-electron chi connectivity index (χ1n) is 4.13. The van der Waals surface area contributed by atoms with Gasteiger partial charge in [-0.2, -0.15) is 0 Å². The molecule has 0 spiro atoms. The third-order valence-corrected chi connectivity index (χ3v) is 2.98. The Balaban J connectivity index is 2.60. The molecule has 1 aliphatic rings. The van der Waals surface area contributed by atoms with Crippen LogP contribution in [0.5, 0.6) is 0 Å². The smallest absolute Gasteiger partial charge is 0.0214 e. The first kappa shape index (κ1) is 7.84. The van der Waals surface area contributed by atoms with Crippen LogP contribution in [-0.4, -0.2) is 0 Å². The SMILES string of the molecule is C=CCC1(C(C)(C)C)CC1. The molecule has 0 aromatic heterocycles. The van der Waals surface area contributed by atoms with Crippen LogP contribution < -0.4 is 0 Å². The van der Waals surface area contributed by atoms with Crippen LogP contribution in [-0.2, 0) is 0 Å². The van der Waals surface area contributed by atoms with Crippen molar-refractivity contribution in [1.29, 1.82) is 0 Å². The molecule has 0 atom stereocenters. The Hall–Kier alpha value is -0.260. The normalized spacial score (nSPS) is 22.3. The second-order valence-corrected chi connectivity index (χ2v) is 4.52. The molecule has 0 aliphatic heterocycles. The molecular formula is C10H18. The maximum atomic E-state index is 3.80. The number of rotatable bonds is 2. The lowest BCUT2D eigenvalue weighted by Gasteiger charge is -2.29. The molecule has 0 N–H and O–H groups in total. The van der Waals surface area contributed by atoms with E-state index in [1.807, 2.05) is 0 Å². The summed E-state index contributed by atoms with van der Waals surface area (Å²) in [5.74, 6) is 0. The predicted molar refractivity (Wildman–Crippen MR) is 45.9 cm³/mol. The van der Waals surface area contributed by atoms with E-state index in [-0.39, 0.29) is 0 Å². The van der Waals surface area contributed by atoms with Crippen LogP contribution in [0.1, 0.15) is 40.0 Å². The minimum Gasteiger partial charge on any atom is -0.103 e. The standard InChI is InChI=1S/C10H18/c1-5-6-10(7-8-10)9(2,3)4/h5H,1,6-8H2,2-4H3. The lowest BCUT2D eigenvalue weighted by Crippen LogP contribution is -2.20. The summed E-state index contributed by atoms with van der Waals surface area (Å²) in [6, 6.07) is 0. The van der Waals surface area contributed by atoms with Crippen LogP contribution in [0.4, 0.5) is 0 Å². The first-order chi connectivity index (χ1) is 4.52. The average molecular weight is 138 g/mol. The van der Waals surface area contributed by atoms with Crippen LogP contribution in [0.25, 0.3) is 0 Å². The summed E-state index contributed by atoms with van der Waals surface area (Å²) in [6.07, 6.45) is 6.08. The minimum atomic E-state index is 0.487. The topological polar surface area (TPSA) is 0 Å². The number of hydrogen-bond acceptors (Lipinski definition) is 0. The molecule has 0 nitrogen and oxygen atoms in total. The molecule has 1 aliphatic carbocycles. The minimum absolute atomic E-state index is 0.487. The van der Waals surface area contributed by atoms with Gasteiger partial charge in [-0.05, 0) is 30.1 Å². The molecule has 0 unspecified atom stereocenters. The molecule has 0 amide bonds. The Morgan fingerprint density at radius 3 is 2.00 bits per heavy atom. The molecule has 10 heavy (non-hydrogen) atoms. The van der Waals surface area contributed by atoms with E-state index >= 15 is 0 Å². The van der Waals surface area contributed by atoms with Crippen LogP contribution >= 0.6 is 0 Å². The summed E-state index contributed by atoms with van der Waals surface area (Å²) in [6.45, 7) is 10.8. The van der Waals surface area contributed by atoms with Crippen molar-refractivity contribution in [3.05, 3.63) is 12.7 Å². The molecule has 0 radical (unpaired) electrons. The van der Waals surface area contributed by atoms with Gasteiger partial charge < -0.3 is 0 Å². The van der Waals surface area contributed by atoms with Gasteiger partial charge in [0.05, 0.1) is 0 Å². The first-order valence-corrected chi connectivity index (χ1v) is 4.13. The van der Waals surface area contributed by atoms with E-state index in [0.29, 0.717) is 10.8 Å². The molecule has 1 fully saturated rings. The van der Waals surface area contributed by atoms with Gasteiger partial charge in [-0.15, -0.1) is 6.58 Å². The van der Waals surface area contributed by atoms with Crippen LogP contribution in [0, 0.1) is 10.8 Å². The summed E-state index contributed by atoms with van der Waals surface area (Å²) < 4.78 is 0. The van der Waals surface area contributed by atoms with E-state index in [0.717, 1.165) is 0 Å². The molecule has 0 saturated heterocycles. The molecule has 1 rings (SSSR count). The lowest BCUT2D eigenvalue weighted by molar-refractivity contribution is 0.216. The van der Waals surface area contributed by atoms with Gasteiger partial charge >= 0.3 is 0 Å². The Kier molecular flexibility index (Phi) is 1.66. The highest BCUT2D eigenvalue weighted by Crippen LogP contribution is 2.60. The lowest BCUT2D eigenvalue weighted by atomic mass is 9.75. The second-order valence-electron chi connectivity index (χ2n) is 4.52. The van der Waals surface area contributed by atoms with Crippen molar-refractivity contribution < 1.29 is 0 Å². The second kappa shape index (κ2) is 2.11. The van der Waals surface area contributed by atoms with Crippen LogP contribution in [0.15, 0.2) is 12.7 Å². The van der Waals surface area contributed by atoms with E-state index in [4.69, 9.17) is 0 Å².